The number of nitrogen functional groups attached to an aromatic ring is 1. The molecular weight excluding hydrogens is 395 g/mol. The molecule has 0 atom stereocenters. The number of hydrogen-bond acceptors (Lipinski definition) is 7. The fraction of sp³-hybridized carbons (Fsp3) is 0.211. The van der Waals surface area contributed by atoms with Gasteiger partial charge in [0.05, 0.1) is 23.2 Å². The zero-order valence-electron chi connectivity index (χ0n) is 15.3. The number of sulfone groups is 1. The third-order valence-electron chi connectivity index (χ3n) is 5.11. The number of nitrogens with two attached hydrogens (primary N) is 1. The Bertz CT molecular complexity index is 1350. The van der Waals surface area contributed by atoms with Crippen LogP contribution in [0.3, 0.4) is 0 Å². The minimum Gasteiger partial charge on any atom is -0.383 e. The molecule has 1 aliphatic rings. The van der Waals surface area contributed by atoms with Gasteiger partial charge in [0.15, 0.2) is 15.5 Å². The molecule has 0 amide bonds. The van der Waals surface area contributed by atoms with Gasteiger partial charge in [-0.1, -0.05) is 0 Å². The van der Waals surface area contributed by atoms with Crippen LogP contribution in [0.2, 0.25) is 0 Å². The van der Waals surface area contributed by atoms with Crippen LogP contribution in [0.25, 0.3) is 27.7 Å². The molecule has 0 bridgehead atoms. The van der Waals surface area contributed by atoms with Crippen LogP contribution in [-0.2, 0) is 9.84 Å². The van der Waals surface area contributed by atoms with Crippen LogP contribution >= 0.6 is 0 Å². The summed E-state index contributed by atoms with van der Waals surface area (Å²) in [6.07, 6.45) is 3.33. The number of anilines is 2. The molecule has 5 rings (SSSR count). The second-order valence-corrected chi connectivity index (χ2v) is 9.34. The van der Waals surface area contributed by atoms with Gasteiger partial charge in [-0.25, -0.2) is 17.8 Å². The zero-order valence-corrected chi connectivity index (χ0v) is 16.1. The van der Waals surface area contributed by atoms with Crippen molar-refractivity contribution in [1.29, 1.82) is 0 Å². The van der Waals surface area contributed by atoms with E-state index in [4.69, 9.17) is 10.7 Å². The van der Waals surface area contributed by atoms with Crippen molar-refractivity contribution in [2.75, 3.05) is 35.2 Å². The van der Waals surface area contributed by atoms with Gasteiger partial charge in [-0.15, -0.1) is 0 Å². The van der Waals surface area contributed by atoms with Crippen LogP contribution in [0.1, 0.15) is 0 Å². The predicted octanol–water partition coefficient (Wildman–Crippen LogP) is 1.90. The summed E-state index contributed by atoms with van der Waals surface area (Å²) < 4.78 is 38.6. The number of nitrogens with zero attached hydrogens (tertiary/aromatic N) is 5. The van der Waals surface area contributed by atoms with Gasteiger partial charge in [-0.3, -0.25) is 4.98 Å². The van der Waals surface area contributed by atoms with Crippen molar-refractivity contribution >= 4 is 38.0 Å². The maximum Gasteiger partial charge on any atom is 0.167 e. The van der Waals surface area contributed by atoms with Crippen molar-refractivity contribution in [3.8, 4) is 11.1 Å². The molecule has 1 saturated heterocycles. The Morgan fingerprint density at radius 2 is 1.86 bits per heavy atom. The second kappa shape index (κ2) is 6.38. The summed E-state index contributed by atoms with van der Waals surface area (Å²) in [4.78, 5) is 11.0. The molecule has 148 valence electrons. The van der Waals surface area contributed by atoms with E-state index in [9.17, 15) is 12.8 Å². The molecule has 0 aliphatic carbocycles. The number of pyridine rings is 1. The molecule has 0 radical (unpaired) electrons. The lowest BCUT2D eigenvalue weighted by Gasteiger charge is -2.27. The summed E-state index contributed by atoms with van der Waals surface area (Å²) in [6.45, 7) is 0.733. The summed E-state index contributed by atoms with van der Waals surface area (Å²) in [7, 11) is -3.00. The molecule has 10 heteroatoms. The highest BCUT2D eigenvalue weighted by molar-refractivity contribution is 7.91. The van der Waals surface area contributed by atoms with E-state index in [2.05, 4.69) is 10.1 Å². The van der Waals surface area contributed by atoms with Crippen LogP contribution < -0.4 is 10.6 Å². The minimum absolute atomic E-state index is 0.0893. The Balaban J connectivity index is 1.61. The molecule has 0 unspecified atom stereocenters. The molecule has 29 heavy (non-hydrogen) atoms. The first-order valence-corrected chi connectivity index (χ1v) is 10.9. The molecule has 0 spiro atoms. The first kappa shape index (κ1) is 17.8. The number of rotatable bonds is 2. The van der Waals surface area contributed by atoms with E-state index < -0.39 is 9.84 Å². The van der Waals surface area contributed by atoms with E-state index in [1.165, 1.54) is 16.6 Å². The fourth-order valence-corrected chi connectivity index (χ4v) is 4.73. The fourth-order valence-electron chi connectivity index (χ4n) is 3.53. The van der Waals surface area contributed by atoms with Crippen molar-refractivity contribution in [3.05, 3.63) is 48.5 Å². The molecule has 1 fully saturated rings. The number of halogens is 1. The number of benzene rings is 1. The van der Waals surface area contributed by atoms with E-state index >= 15 is 0 Å². The van der Waals surface area contributed by atoms with Crippen molar-refractivity contribution in [2.24, 2.45) is 0 Å². The quantitative estimate of drug-likeness (QED) is 0.536. The second-order valence-electron chi connectivity index (χ2n) is 7.03. The van der Waals surface area contributed by atoms with Crippen molar-refractivity contribution in [3.63, 3.8) is 0 Å². The maximum atomic E-state index is 13.6. The van der Waals surface area contributed by atoms with E-state index in [1.54, 1.807) is 24.5 Å². The molecule has 1 aromatic carbocycles. The topological polar surface area (TPSA) is 106 Å². The summed E-state index contributed by atoms with van der Waals surface area (Å²) in [5.74, 6) is 0.842. The molecular formula is C19H17FN6O2S. The Labute approximate surface area is 165 Å². The lowest BCUT2D eigenvalue weighted by Crippen LogP contribution is -2.40. The minimum atomic E-state index is -3.00. The van der Waals surface area contributed by atoms with Gasteiger partial charge < -0.3 is 10.6 Å². The summed E-state index contributed by atoms with van der Waals surface area (Å²) in [5, 5.41) is 4.99. The van der Waals surface area contributed by atoms with Crippen molar-refractivity contribution < 1.29 is 12.8 Å². The zero-order chi connectivity index (χ0) is 20.2. The smallest absolute Gasteiger partial charge is 0.167 e. The third-order valence-corrected chi connectivity index (χ3v) is 6.72. The average molecular weight is 412 g/mol. The van der Waals surface area contributed by atoms with Gasteiger partial charge >= 0.3 is 0 Å². The summed E-state index contributed by atoms with van der Waals surface area (Å²) >= 11 is 0. The first-order chi connectivity index (χ1) is 13.9. The van der Waals surface area contributed by atoms with Gasteiger partial charge in [0.1, 0.15) is 17.5 Å². The van der Waals surface area contributed by atoms with Gasteiger partial charge in [0, 0.05) is 41.9 Å². The lowest BCUT2D eigenvalue weighted by molar-refractivity contribution is 0.586. The van der Waals surface area contributed by atoms with E-state index in [0.29, 0.717) is 46.8 Å². The summed E-state index contributed by atoms with van der Waals surface area (Å²) in [5.41, 5.74) is 8.84. The highest BCUT2D eigenvalue weighted by Crippen LogP contribution is 2.29. The molecule has 3 aromatic heterocycles. The van der Waals surface area contributed by atoms with E-state index in [0.717, 1.165) is 5.56 Å². The Hall–Kier alpha value is -3.27. The summed E-state index contributed by atoms with van der Waals surface area (Å²) in [6, 6.07) is 7.95. The third kappa shape index (κ3) is 3.15. The molecule has 4 heterocycles. The first-order valence-electron chi connectivity index (χ1n) is 9.05. The van der Waals surface area contributed by atoms with E-state index in [1.807, 2.05) is 11.0 Å². The standard InChI is InChI=1S/C19H17FN6O2S/c20-14-1-2-16-12(8-14)7-13(10-22-16)15-11-23-26-17(21)9-18(24-19(15)26)25-3-5-29(27,28)6-4-25/h1-2,7-11H,3-6,21H2. The Kier molecular flexibility index (Phi) is 3.91. The van der Waals surface area contributed by atoms with Crippen LogP contribution in [0.4, 0.5) is 16.0 Å². The normalized spacial score (nSPS) is 16.5. The van der Waals surface area contributed by atoms with Gasteiger partial charge in [0.25, 0.3) is 0 Å². The molecule has 0 saturated carbocycles. The average Bonchev–Trinajstić information content (AvgIpc) is 3.12. The predicted molar refractivity (Wildman–Crippen MR) is 109 cm³/mol. The van der Waals surface area contributed by atoms with Crippen LogP contribution in [0, 0.1) is 5.82 Å². The molecule has 4 aromatic rings. The monoisotopic (exact) mass is 412 g/mol. The van der Waals surface area contributed by atoms with Gasteiger partial charge in [0.2, 0.25) is 0 Å². The highest BCUT2D eigenvalue weighted by Gasteiger charge is 2.24. The van der Waals surface area contributed by atoms with E-state index in [-0.39, 0.29) is 17.3 Å². The Morgan fingerprint density at radius 1 is 1.07 bits per heavy atom. The molecule has 8 nitrogen and oxygen atoms in total. The number of hydrogen-bond donors (Lipinski definition) is 1. The molecule has 2 N–H and O–H groups in total. The van der Waals surface area contributed by atoms with Crippen molar-refractivity contribution in [1.82, 2.24) is 19.6 Å². The number of fused-ring (bicyclic) bond motifs is 2. The SMILES string of the molecule is Nc1cc(N2CCS(=O)(=O)CC2)nc2c(-c3cnc4ccc(F)cc4c3)cnn12. The molecule has 1 aliphatic heterocycles. The Morgan fingerprint density at radius 3 is 2.66 bits per heavy atom. The van der Waals surface area contributed by atoms with Crippen LogP contribution in [-0.4, -0.2) is 52.6 Å². The van der Waals surface area contributed by atoms with Gasteiger partial charge in [-0.2, -0.15) is 9.61 Å². The maximum absolute atomic E-state index is 13.6. The largest absolute Gasteiger partial charge is 0.383 e. The van der Waals surface area contributed by atoms with Crippen molar-refractivity contribution in [2.45, 2.75) is 0 Å². The van der Waals surface area contributed by atoms with Crippen LogP contribution in [0.5, 0.6) is 0 Å². The number of aromatic nitrogens is 4. The van der Waals surface area contributed by atoms with Gasteiger partial charge in [-0.05, 0) is 24.3 Å². The lowest BCUT2D eigenvalue weighted by atomic mass is 10.1. The van der Waals surface area contributed by atoms with Crippen LogP contribution in [0.15, 0.2) is 42.7 Å². The highest BCUT2D eigenvalue weighted by atomic mass is 32.2.